The summed E-state index contributed by atoms with van der Waals surface area (Å²) < 4.78 is 0. The Kier molecular flexibility index (Phi) is 5.34. The van der Waals surface area contributed by atoms with Gasteiger partial charge in [0, 0.05) is 29.7 Å². The molecule has 0 bridgehead atoms. The highest BCUT2D eigenvalue weighted by Crippen LogP contribution is 2.32. The van der Waals surface area contributed by atoms with Crippen LogP contribution in [0.25, 0.3) is 0 Å². The molecule has 0 aromatic carbocycles. The van der Waals surface area contributed by atoms with Gasteiger partial charge in [0.1, 0.15) is 5.78 Å². The van der Waals surface area contributed by atoms with Gasteiger partial charge in [-0.3, -0.25) is 4.79 Å². The van der Waals surface area contributed by atoms with Crippen LogP contribution in [0, 0.1) is 0 Å². The van der Waals surface area contributed by atoms with Crippen molar-refractivity contribution in [3.05, 3.63) is 12.3 Å². The molecule has 3 unspecified atom stereocenters. The lowest BCUT2D eigenvalue weighted by Gasteiger charge is -2.16. The highest BCUT2D eigenvalue weighted by atomic mass is 32.2. The first kappa shape index (κ1) is 15.2. The van der Waals surface area contributed by atoms with Gasteiger partial charge in [-0.15, -0.1) is 0 Å². The van der Waals surface area contributed by atoms with Crippen LogP contribution in [-0.4, -0.2) is 41.4 Å². The molecule has 2 amide bonds. The van der Waals surface area contributed by atoms with Gasteiger partial charge in [0.05, 0.1) is 12.1 Å². The van der Waals surface area contributed by atoms with E-state index in [2.05, 4.69) is 22.5 Å². The van der Waals surface area contributed by atoms with Crippen LogP contribution in [0.1, 0.15) is 32.6 Å². The quantitative estimate of drug-likeness (QED) is 0.468. The minimum absolute atomic E-state index is 0.0208. The van der Waals surface area contributed by atoms with E-state index in [9.17, 15) is 9.59 Å². The number of rotatable bonds is 8. The van der Waals surface area contributed by atoms with Gasteiger partial charge in [-0.1, -0.05) is 13.0 Å². The van der Waals surface area contributed by atoms with Crippen LogP contribution in [0.5, 0.6) is 0 Å². The summed E-state index contributed by atoms with van der Waals surface area (Å²) >= 11 is 1.95. The molecule has 3 atom stereocenters. The topological polar surface area (TPSA) is 70.2 Å². The SMILES string of the molecule is C=C(CC(C)=O)NCCCCC1SCC2NC(=O)NC21. The van der Waals surface area contributed by atoms with Gasteiger partial charge >= 0.3 is 6.03 Å². The number of amides is 2. The second-order valence-corrected chi connectivity index (χ2v) is 6.80. The van der Waals surface area contributed by atoms with E-state index in [4.69, 9.17) is 0 Å². The normalized spacial score (nSPS) is 27.6. The van der Waals surface area contributed by atoms with Crippen molar-refractivity contribution in [1.29, 1.82) is 0 Å². The largest absolute Gasteiger partial charge is 0.388 e. The van der Waals surface area contributed by atoms with E-state index in [-0.39, 0.29) is 11.8 Å². The monoisotopic (exact) mass is 297 g/mol. The predicted octanol–water partition coefficient (Wildman–Crippen LogP) is 1.40. The molecule has 2 fully saturated rings. The van der Waals surface area contributed by atoms with Gasteiger partial charge in [-0.2, -0.15) is 11.8 Å². The predicted molar refractivity (Wildman–Crippen MR) is 81.8 cm³/mol. The zero-order valence-corrected chi connectivity index (χ0v) is 12.7. The van der Waals surface area contributed by atoms with Gasteiger partial charge < -0.3 is 16.0 Å². The summed E-state index contributed by atoms with van der Waals surface area (Å²) in [5, 5.41) is 9.68. The summed E-state index contributed by atoms with van der Waals surface area (Å²) in [5.74, 6) is 1.15. The Bertz CT molecular complexity index is 400. The van der Waals surface area contributed by atoms with E-state index < -0.39 is 0 Å². The number of hydrogen-bond acceptors (Lipinski definition) is 4. The second kappa shape index (κ2) is 7.02. The first-order valence-corrected chi connectivity index (χ1v) is 8.21. The molecule has 0 aliphatic carbocycles. The van der Waals surface area contributed by atoms with Gasteiger partial charge in [-0.05, 0) is 19.8 Å². The van der Waals surface area contributed by atoms with Crippen LogP contribution >= 0.6 is 11.8 Å². The maximum atomic E-state index is 11.3. The number of thioether (sulfide) groups is 1. The molecule has 2 heterocycles. The molecule has 3 N–H and O–H groups in total. The molecule has 112 valence electrons. The summed E-state index contributed by atoms with van der Waals surface area (Å²) in [4.78, 5) is 22.2. The molecule has 0 aromatic rings. The molecule has 2 aliphatic heterocycles. The Balaban J connectivity index is 1.57. The summed E-state index contributed by atoms with van der Waals surface area (Å²) in [6.07, 6.45) is 3.72. The lowest BCUT2D eigenvalue weighted by Crippen LogP contribution is -2.36. The standard InChI is InChI=1S/C14H23N3O2S/c1-9(7-10(2)18)15-6-4-3-5-12-13-11(8-20-12)16-14(19)17-13/h11-13,15H,1,3-8H2,2H3,(H2,16,17,19). The van der Waals surface area contributed by atoms with E-state index in [1.54, 1.807) is 6.92 Å². The number of carbonyl (C=O) groups excluding carboxylic acids is 2. The van der Waals surface area contributed by atoms with Crippen molar-refractivity contribution in [2.75, 3.05) is 12.3 Å². The second-order valence-electron chi connectivity index (χ2n) is 5.53. The lowest BCUT2D eigenvalue weighted by molar-refractivity contribution is -0.116. The molecule has 2 aliphatic rings. The van der Waals surface area contributed by atoms with Gasteiger partial charge in [0.2, 0.25) is 0 Å². The molecule has 20 heavy (non-hydrogen) atoms. The van der Waals surface area contributed by atoms with Crippen LogP contribution in [0.15, 0.2) is 12.3 Å². The fourth-order valence-corrected chi connectivity index (χ4v) is 4.29. The van der Waals surface area contributed by atoms with Gasteiger partial charge in [-0.25, -0.2) is 4.79 Å². The number of carbonyl (C=O) groups is 2. The summed E-state index contributed by atoms with van der Waals surface area (Å²) in [6, 6.07) is 0.589. The molecular weight excluding hydrogens is 274 g/mol. The zero-order chi connectivity index (χ0) is 14.5. The third kappa shape index (κ3) is 4.16. The fourth-order valence-electron chi connectivity index (χ4n) is 2.74. The number of ketones is 1. The minimum atomic E-state index is -0.0208. The molecule has 0 radical (unpaired) electrons. The van der Waals surface area contributed by atoms with Crippen molar-refractivity contribution in [2.24, 2.45) is 0 Å². The number of hydrogen-bond donors (Lipinski definition) is 3. The van der Waals surface area contributed by atoms with Crippen LogP contribution < -0.4 is 16.0 Å². The summed E-state index contributed by atoms with van der Waals surface area (Å²) in [6.45, 7) is 6.27. The Hall–Kier alpha value is -1.17. The molecule has 0 saturated carbocycles. The average Bonchev–Trinajstić information content (AvgIpc) is 2.88. The number of fused-ring (bicyclic) bond motifs is 1. The number of unbranched alkanes of at least 4 members (excludes halogenated alkanes) is 1. The molecular formula is C14H23N3O2S. The molecule has 0 spiro atoms. The smallest absolute Gasteiger partial charge is 0.315 e. The van der Waals surface area contributed by atoms with E-state index in [0.717, 1.165) is 37.3 Å². The molecule has 0 aromatic heterocycles. The van der Waals surface area contributed by atoms with Crippen LogP contribution in [0.3, 0.4) is 0 Å². The highest BCUT2D eigenvalue weighted by molar-refractivity contribution is 8.00. The first-order chi connectivity index (χ1) is 9.56. The molecule has 6 heteroatoms. The summed E-state index contributed by atoms with van der Waals surface area (Å²) in [7, 11) is 0. The van der Waals surface area contributed by atoms with Crippen LogP contribution in [0.4, 0.5) is 4.79 Å². The Morgan fingerprint density at radius 3 is 3.00 bits per heavy atom. The van der Waals surface area contributed by atoms with Crippen LogP contribution in [-0.2, 0) is 4.79 Å². The van der Waals surface area contributed by atoms with Gasteiger partial charge in [0.25, 0.3) is 0 Å². The zero-order valence-electron chi connectivity index (χ0n) is 11.9. The van der Waals surface area contributed by atoms with Crippen LogP contribution in [0.2, 0.25) is 0 Å². The lowest BCUT2D eigenvalue weighted by atomic mass is 10.0. The number of Topliss-reactive ketones (excluding diaryl/α,β-unsaturated/α-hetero) is 1. The molecule has 2 saturated heterocycles. The van der Waals surface area contributed by atoms with Gasteiger partial charge in [0.15, 0.2) is 0 Å². The van der Waals surface area contributed by atoms with E-state index >= 15 is 0 Å². The van der Waals surface area contributed by atoms with E-state index in [1.807, 2.05) is 11.8 Å². The maximum absolute atomic E-state index is 11.3. The third-order valence-corrected chi connectivity index (χ3v) is 5.20. The van der Waals surface area contributed by atoms with E-state index in [0.29, 0.717) is 23.8 Å². The third-order valence-electron chi connectivity index (χ3n) is 3.69. The average molecular weight is 297 g/mol. The fraction of sp³-hybridized carbons (Fsp3) is 0.714. The Morgan fingerprint density at radius 1 is 1.45 bits per heavy atom. The molecule has 5 nitrogen and oxygen atoms in total. The van der Waals surface area contributed by atoms with Crippen molar-refractivity contribution in [1.82, 2.24) is 16.0 Å². The van der Waals surface area contributed by atoms with Crippen molar-refractivity contribution in [2.45, 2.75) is 49.9 Å². The highest BCUT2D eigenvalue weighted by Gasteiger charge is 2.42. The Labute approximate surface area is 124 Å². The summed E-state index contributed by atoms with van der Waals surface area (Å²) in [5.41, 5.74) is 0.806. The number of allylic oxidation sites excluding steroid dienone is 1. The number of nitrogens with one attached hydrogen (secondary N) is 3. The Morgan fingerprint density at radius 2 is 2.25 bits per heavy atom. The van der Waals surface area contributed by atoms with Crippen molar-refractivity contribution in [3.8, 4) is 0 Å². The maximum Gasteiger partial charge on any atom is 0.315 e. The van der Waals surface area contributed by atoms with Crippen molar-refractivity contribution in [3.63, 3.8) is 0 Å². The first-order valence-electron chi connectivity index (χ1n) is 7.16. The minimum Gasteiger partial charge on any atom is -0.388 e. The van der Waals surface area contributed by atoms with E-state index in [1.165, 1.54) is 0 Å². The number of urea groups is 1. The molecule has 2 rings (SSSR count). The van der Waals surface area contributed by atoms with Crippen molar-refractivity contribution < 1.29 is 9.59 Å². The van der Waals surface area contributed by atoms with Crippen molar-refractivity contribution >= 4 is 23.6 Å².